The minimum atomic E-state index is -0.931. The lowest BCUT2D eigenvalue weighted by Crippen LogP contribution is -1.96. The Labute approximate surface area is 175 Å². The maximum Gasteiger partial charge on any atom is 0.283 e. The minimum absolute atomic E-state index is 0.660. The number of nitro groups is 3. The Hall–Kier alpha value is -4.47. The number of aryl methyl sites for hydroxylation is 2. The van der Waals surface area contributed by atoms with Crippen molar-refractivity contribution in [3.8, 4) is 0 Å². The van der Waals surface area contributed by atoms with Gasteiger partial charge in [-0.25, -0.2) is 4.98 Å². The van der Waals surface area contributed by atoms with Gasteiger partial charge in [0.2, 0.25) is 0 Å². The van der Waals surface area contributed by atoms with E-state index in [1.54, 1.807) is 0 Å². The monoisotopic (exact) mass is 420 g/mol. The number of pyridine rings is 1. The van der Waals surface area contributed by atoms with Crippen molar-refractivity contribution in [3.05, 3.63) is 102 Å². The molecule has 0 aliphatic heterocycles. The normalized spacial score (nSPS) is 10.4. The third kappa shape index (κ3) is 4.58. The van der Waals surface area contributed by atoms with Gasteiger partial charge in [-0.2, -0.15) is 0 Å². The molecule has 0 spiro atoms. The zero-order valence-electron chi connectivity index (χ0n) is 16.5. The van der Waals surface area contributed by atoms with Crippen molar-refractivity contribution in [2.24, 2.45) is 0 Å². The van der Waals surface area contributed by atoms with Crippen LogP contribution in [-0.4, -0.2) is 19.8 Å². The average Bonchev–Trinajstić information content (AvgIpc) is 2.73. The molecule has 0 aliphatic rings. The van der Waals surface area contributed by atoms with Gasteiger partial charge in [-0.05, 0) is 31.0 Å². The van der Waals surface area contributed by atoms with E-state index in [4.69, 9.17) is 4.98 Å². The minimum Gasteiger partial charge on any atom is -0.258 e. The maximum atomic E-state index is 10.3. The number of aromatic nitrogens is 1. The van der Waals surface area contributed by atoms with E-state index in [9.17, 15) is 30.3 Å². The molecule has 1 aromatic heterocycles. The van der Waals surface area contributed by atoms with Crippen molar-refractivity contribution in [3.63, 3.8) is 0 Å². The second-order valence-corrected chi connectivity index (χ2v) is 6.76. The molecule has 31 heavy (non-hydrogen) atoms. The molecule has 0 atom stereocenters. The summed E-state index contributed by atoms with van der Waals surface area (Å²) < 4.78 is 0. The highest BCUT2D eigenvalue weighted by Crippen LogP contribution is 2.27. The summed E-state index contributed by atoms with van der Waals surface area (Å²) in [6.07, 6.45) is 0. The number of fused-ring (bicyclic) bond motifs is 2. The number of hydrogen-bond donors (Lipinski definition) is 0. The zero-order chi connectivity index (χ0) is 22.7. The first-order valence-corrected chi connectivity index (χ1v) is 9.01. The number of nitrogens with zero attached hydrogens (tertiary/aromatic N) is 4. The fraction of sp³-hybridized carbons (Fsp3) is 0.0952. The predicted molar refractivity (Wildman–Crippen MR) is 115 cm³/mol. The van der Waals surface area contributed by atoms with Crippen molar-refractivity contribution < 1.29 is 14.8 Å². The molecule has 3 aromatic carbocycles. The second-order valence-electron chi connectivity index (χ2n) is 6.76. The van der Waals surface area contributed by atoms with Crippen LogP contribution in [-0.2, 0) is 0 Å². The van der Waals surface area contributed by atoms with Crippen LogP contribution in [0.1, 0.15) is 11.1 Å². The van der Waals surface area contributed by atoms with Gasteiger partial charge in [-0.15, -0.1) is 0 Å². The SMILES string of the molecule is Cc1cccc2cc3cccc(C)c3nc12.O=[N+]([O-])c1cc([N+](=O)[O-])cc([N+](=O)[O-])c1. The molecule has 0 saturated heterocycles. The highest BCUT2D eigenvalue weighted by molar-refractivity contribution is 5.95. The van der Waals surface area contributed by atoms with Crippen LogP contribution in [0, 0.1) is 44.2 Å². The first-order chi connectivity index (χ1) is 14.7. The van der Waals surface area contributed by atoms with Crippen LogP contribution in [0.25, 0.3) is 21.8 Å². The molecule has 4 rings (SSSR count). The summed E-state index contributed by atoms with van der Waals surface area (Å²) in [7, 11) is 0. The van der Waals surface area contributed by atoms with Gasteiger partial charge < -0.3 is 0 Å². The molecule has 0 N–H and O–H groups in total. The first kappa shape index (κ1) is 21.2. The van der Waals surface area contributed by atoms with Gasteiger partial charge in [-0.3, -0.25) is 30.3 Å². The number of nitro benzene ring substituents is 3. The van der Waals surface area contributed by atoms with Gasteiger partial charge in [0, 0.05) is 10.8 Å². The lowest BCUT2D eigenvalue weighted by atomic mass is 10.1. The van der Waals surface area contributed by atoms with Gasteiger partial charge in [0.05, 0.1) is 44.0 Å². The molecular weight excluding hydrogens is 404 g/mol. The summed E-state index contributed by atoms with van der Waals surface area (Å²) in [6.45, 7) is 4.22. The fourth-order valence-electron chi connectivity index (χ4n) is 3.08. The van der Waals surface area contributed by atoms with Crippen LogP contribution in [0.15, 0.2) is 60.7 Å². The lowest BCUT2D eigenvalue weighted by molar-refractivity contribution is -0.403. The second kappa shape index (κ2) is 8.49. The van der Waals surface area contributed by atoms with Gasteiger partial charge in [0.15, 0.2) is 0 Å². The quantitative estimate of drug-likeness (QED) is 0.245. The fourth-order valence-corrected chi connectivity index (χ4v) is 3.08. The summed E-state index contributed by atoms with van der Waals surface area (Å²) in [5.74, 6) is 0. The van der Waals surface area contributed by atoms with Crippen LogP contribution >= 0.6 is 0 Å². The van der Waals surface area contributed by atoms with E-state index in [2.05, 4.69) is 56.3 Å². The lowest BCUT2D eigenvalue weighted by Gasteiger charge is -2.05. The van der Waals surface area contributed by atoms with Crippen LogP contribution in [0.2, 0.25) is 0 Å². The van der Waals surface area contributed by atoms with E-state index < -0.39 is 31.8 Å². The standard InChI is InChI=1S/C15H13N.C6H3N3O6/c1-10-5-3-7-12-9-13-8-4-6-11(2)15(13)16-14(10)12;10-7(11)4-1-5(8(12)13)3-6(2-4)9(14)15/h3-9H,1-2H3;1-3H. The molecule has 0 unspecified atom stereocenters. The van der Waals surface area contributed by atoms with E-state index >= 15 is 0 Å². The Bertz CT molecular complexity index is 1220. The van der Waals surface area contributed by atoms with Crippen molar-refractivity contribution in [2.45, 2.75) is 13.8 Å². The molecule has 0 aliphatic carbocycles. The van der Waals surface area contributed by atoms with Crippen molar-refractivity contribution in [1.29, 1.82) is 0 Å². The van der Waals surface area contributed by atoms with E-state index in [-0.39, 0.29) is 0 Å². The smallest absolute Gasteiger partial charge is 0.258 e. The average molecular weight is 420 g/mol. The summed E-state index contributed by atoms with van der Waals surface area (Å²) in [5, 5.41) is 33.4. The van der Waals surface area contributed by atoms with Gasteiger partial charge in [-0.1, -0.05) is 36.4 Å². The predicted octanol–water partition coefficient (Wildman–Crippen LogP) is 5.42. The van der Waals surface area contributed by atoms with Crippen LogP contribution < -0.4 is 0 Å². The topological polar surface area (TPSA) is 142 Å². The largest absolute Gasteiger partial charge is 0.283 e. The maximum absolute atomic E-state index is 10.3. The number of para-hydroxylation sites is 2. The molecule has 156 valence electrons. The van der Waals surface area contributed by atoms with Gasteiger partial charge in [0.1, 0.15) is 0 Å². The van der Waals surface area contributed by atoms with Crippen LogP contribution in [0.3, 0.4) is 0 Å². The molecular formula is C21H16N4O6. The molecule has 0 radical (unpaired) electrons. The van der Waals surface area contributed by atoms with Crippen LogP contribution in [0.4, 0.5) is 17.1 Å². The molecule has 0 fully saturated rings. The number of non-ortho nitro benzene ring substituents is 3. The van der Waals surface area contributed by atoms with E-state index in [1.807, 2.05) is 0 Å². The van der Waals surface area contributed by atoms with Gasteiger partial charge in [0.25, 0.3) is 17.1 Å². The summed E-state index contributed by atoms with van der Waals surface area (Å²) in [5.41, 5.74) is 2.65. The summed E-state index contributed by atoms with van der Waals surface area (Å²) >= 11 is 0. The number of rotatable bonds is 3. The third-order valence-electron chi connectivity index (χ3n) is 4.59. The number of hydrogen-bond acceptors (Lipinski definition) is 7. The Kier molecular flexibility index (Phi) is 5.82. The molecule has 4 aromatic rings. The highest BCUT2D eigenvalue weighted by Gasteiger charge is 2.21. The Balaban J connectivity index is 0.000000176. The van der Waals surface area contributed by atoms with E-state index in [0.29, 0.717) is 18.2 Å². The Morgan fingerprint density at radius 3 is 1.29 bits per heavy atom. The molecule has 0 bridgehead atoms. The molecule has 0 saturated carbocycles. The molecule has 10 heteroatoms. The Morgan fingerprint density at radius 2 is 0.968 bits per heavy atom. The highest BCUT2D eigenvalue weighted by atomic mass is 16.6. The summed E-state index contributed by atoms with van der Waals surface area (Å²) in [4.78, 5) is 32.9. The van der Waals surface area contributed by atoms with E-state index in [0.717, 1.165) is 11.0 Å². The van der Waals surface area contributed by atoms with Gasteiger partial charge >= 0.3 is 0 Å². The first-order valence-electron chi connectivity index (χ1n) is 9.01. The number of benzene rings is 3. The molecule has 10 nitrogen and oxygen atoms in total. The molecule has 1 heterocycles. The third-order valence-corrected chi connectivity index (χ3v) is 4.59. The van der Waals surface area contributed by atoms with Crippen molar-refractivity contribution in [2.75, 3.05) is 0 Å². The summed E-state index contributed by atoms with van der Waals surface area (Å²) in [6, 6.07) is 16.8. The Morgan fingerprint density at radius 1 is 0.613 bits per heavy atom. The van der Waals surface area contributed by atoms with Crippen molar-refractivity contribution in [1.82, 2.24) is 4.98 Å². The van der Waals surface area contributed by atoms with E-state index in [1.165, 1.54) is 21.9 Å². The van der Waals surface area contributed by atoms with Crippen molar-refractivity contribution >= 4 is 38.9 Å². The zero-order valence-corrected chi connectivity index (χ0v) is 16.5. The molecule has 0 amide bonds. The van der Waals surface area contributed by atoms with Crippen LogP contribution in [0.5, 0.6) is 0 Å².